The zero-order valence-electron chi connectivity index (χ0n) is 9.11. The van der Waals surface area contributed by atoms with E-state index in [2.05, 4.69) is 12.2 Å². The molecule has 16 heavy (non-hydrogen) atoms. The first kappa shape index (κ1) is 9.76. The Kier molecular flexibility index (Phi) is 2.16. The van der Waals surface area contributed by atoms with Gasteiger partial charge in [0.15, 0.2) is 0 Å². The van der Waals surface area contributed by atoms with Crippen molar-refractivity contribution in [2.24, 2.45) is 11.8 Å². The van der Waals surface area contributed by atoms with Crippen molar-refractivity contribution in [1.29, 1.82) is 0 Å². The Balaban J connectivity index is 2.01. The molecule has 0 spiro atoms. The van der Waals surface area contributed by atoms with Crippen LogP contribution in [0.2, 0.25) is 0 Å². The summed E-state index contributed by atoms with van der Waals surface area (Å²) in [5, 5.41) is 0. The molecule has 0 amide bonds. The van der Waals surface area contributed by atoms with E-state index in [1.807, 2.05) is 12.2 Å². The van der Waals surface area contributed by atoms with E-state index >= 15 is 0 Å². The molecule has 0 heterocycles. The van der Waals surface area contributed by atoms with Crippen molar-refractivity contribution in [2.75, 3.05) is 0 Å². The van der Waals surface area contributed by atoms with Gasteiger partial charge in [-0.2, -0.15) is 0 Å². The molecule has 3 aliphatic carbocycles. The van der Waals surface area contributed by atoms with Crippen LogP contribution in [0.25, 0.3) is 0 Å². The van der Waals surface area contributed by atoms with E-state index in [1.54, 1.807) is 0 Å². The lowest BCUT2D eigenvalue weighted by Gasteiger charge is -2.33. The van der Waals surface area contributed by atoms with Crippen LogP contribution in [-0.2, 0) is 9.59 Å². The predicted octanol–water partition coefficient (Wildman–Crippen LogP) is 2.37. The highest BCUT2D eigenvalue weighted by Gasteiger charge is 2.36. The number of fused-ring (bicyclic) bond motifs is 2. The molecule has 2 nitrogen and oxygen atoms in total. The quantitative estimate of drug-likeness (QED) is 0.580. The van der Waals surface area contributed by atoms with Gasteiger partial charge < -0.3 is 0 Å². The maximum absolute atomic E-state index is 11.8. The third-order valence-electron chi connectivity index (χ3n) is 3.88. The number of Topliss-reactive ketones (excluding diaryl/α,β-unsaturated/α-hetero) is 2. The SMILES string of the molecule is O=C1CCC2CC3CC=CC=C3C=C2C1=O. The zero-order valence-corrected chi connectivity index (χ0v) is 9.11. The number of ketones is 2. The fourth-order valence-corrected chi connectivity index (χ4v) is 2.96. The summed E-state index contributed by atoms with van der Waals surface area (Å²) in [5.41, 5.74) is 2.01. The molecule has 0 N–H and O–H groups in total. The lowest BCUT2D eigenvalue weighted by atomic mass is 9.69. The molecule has 0 saturated heterocycles. The summed E-state index contributed by atoms with van der Waals surface area (Å²) in [4.78, 5) is 23.2. The molecule has 82 valence electrons. The van der Waals surface area contributed by atoms with Crippen LogP contribution >= 0.6 is 0 Å². The minimum Gasteiger partial charge on any atom is -0.291 e. The third-order valence-corrected chi connectivity index (χ3v) is 3.88. The van der Waals surface area contributed by atoms with Gasteiger partial charge in [0.2, 0.25) is 11.6 Å². The molecule has 2 heteroatoms. The largest absolute Gasteiger partial charge is 0.291 e. The molecule has 1 saturated carbocycles. The first-order valence-corrected chi connectivity index (χ1v) is 5.91. The molecule has 1 fully saturated rings. The second-order valence-corrected chi connectivity index (χ2v) is 4.85. The van der Waals surface area contributed by atoms with Crippen LogP contribution in [0.1, 0.15) is 25.7 Å². The number of rotatable bonds is 0. The predicted molar refractivity (Wildman–Crippen MR) is 60.8 cm³/mol. The van der Waals surface area contributed by atoms with Gasteiger partial charge in [-0.25, -0.2) is 0 Å². The Labute approximate surface area is 94.7 Å². The first-order chi connectivity index (χ1) is 7.75. The molecule has 2 atom stereocenters. The Morgan fingerprint density at radius 3 is 2.94 bits per heavy atom. The molecule has 0 aliphatic heterocycles. The second kappa shape index (κ2) is 3.55. The fraction of sp³-hybridized carbons (Fsp3) is 0.429. The van der Waals surface area contributed by atoms with Crippen molar-refractivity contribution in [3.8, 4) is 0 Å². The van der Waals surface area contributed by atoms with Crippen LogP contribution in [0, 0.1) is 11.8 Å². The van der Waals surface area contributed by atoms with Gasteiger partial charge in [0.25, 0.3) is 0 Å². The highest BCUT2D eigenvalue weighted by molar-refractivity contribution is 6.44. The minimum atomic E-state index is -0.231. The molecule has 0 aromatic carbocycles. The van der Waals surface area contributed by atoms with Gasteiger partial charge in [0.1, 0.15) is 0 Å². The van der Waals surface area contributed by atoms with Gasteiger partial charge in [-0.3, -0.25) is 9.59 Å². The average Bonchev–Trinajstić information content (AvgIpc) is 2.32. The average molecular weight is 214 g/mol. The number of hydrogen-bond donors (Lipinski definition) is 0. The van der Waals surface area contributed by atoms with Crippen LogP contribution in [0.4, 0.5) is 0 Å². The number of carbonyl (C=O) groups excluding carboxylic acids is 2. The van der Waals surface area contributed by atoms with Crippen LogP contribution < -0.4 is 0 Å². The van der Waals surface area contributed by atoms with Gasteiger partial charge in [0, 0.05) is 12.0 Å². The normalized spacial score (nSPS) is 32.8. The Hall–Kier alpha value is -1.44. The summed E-state index contributed by atoms with van der Waals surface area (Å²) in [6, 6.07) is 0. The topological polar surface area (TPSA) is 34.1 Å². The Bertz CT molecular complexity index is 451. The zero-order chi connectivity index (χ0) is 11.1. The van der Waals surface area contributed by atoms with E-state index in [4.69, 9.17) is 0 Å². The van der Waals surface area contributed by atoms with Crippen molar-refractivity contribution in [3.63, 3.8) is 0 Å². The smallest absolute Gasteiger partial charge is 0.224 e. The van der Waals surface area contributed by atoms with E-state index in [-0.39, 0.29) is 11.6 Å². The molecule has 2 unspecified atom stereocenters. The van der Waals surface area contributed by atoms with E-state index in [0.717, 1.165) is 24.8 Å². The number of hydrogen-bond acceptors (Lipinski definition) is 2. The highest BCUT2D eigenvalue weighted by atomic mass is 16.2. The molecule has 0 bridgehead atoms. The molecular weight excluding hydrogens is 200 g/mol. The first-order valence-electron chi connectivity index (χ1n) is 5.91. The summed E-state index contributed by atoms with van der Waals surface area (Å²) in [7, 11) is 0. The van der Waals surface area contributed by atoms with Crippen LogP contribution in [0.15, 0.2) is 35.5 Å². The van der Waals surface area contributed by atoms with Gasteiger partial charge in [0.05, 0.1) is 0 Å². The molecule has 0 radical (unpaired) electrons. The van der Waals surface area contributed by atoms with Crippen molar-refractivity contribution in [3.05, 3.63) is 35.5 Å². The summed E-state index contributed by atoms with van der Waals surface area (Å²) in [6.07, 6.45) is 11.7. The molecule has 0 aromatic rings. The summed E-state index contributed by atoms with van der Waals surface area (Å²) in [5.74, 6) is 0.469. The van der Waals surface area contributed by atoms with Crippen molar-refractivity contribution >= 4 is 11.6 Å². The number of allylic oxidation sites excluding steroid dienone is 6. The van der Waals surface area contributed by atoms with E-state index in [1.165, 1.54) is 5.57 Å². The molecule has 0 aromatic heterocycles. The minimum absolute atomic E-state index is 0.201. The summed E-state index contributed by atoms with van der Waals surface area (Å²) < 4.78 is 0. The maximum atomic E-state index is 11.8. The van der Waals surface area contributed by atoms with E-state index < -0.39 is 0 Å². The molecule has 3 aliphatic rings. The second-order valence-electron chi connectivity index (χ2n) is 4.85. The fourth-order valence-electron chi connectivity index (χ4n) is 2.96. The summed E-state index contributed by atoms with van der Waals surface area (Å²) >= 11 is 0. The van der Waals surface area contributed by atoms with Gasteiger partial charge in [-0.1, -0.05) is 24.3 Å². The van der Waals surface area contributed by atoms with E-state index in [0.29, 0.717) is 18.3 Å². The van der Waals surface area contributed by atoms with Crippen molar-refractivity contribution in [2.45, 2.75) is 25.7 Å². The maximum Gasteiger partial charge on any atom is 0.224 e. The number of carbonyl (C=O) groups is 2. The Morgan fingerprint density at radius 2 is 2.06 bits per heavy atom. The highest BCUT2D eigenvalue weighted by Crippen LogP contribution is 2.41. The summed E-state index contributed by atoms with van der Waals surface area (Å²) in [6.45, 7) is 0. The lowest BCUT2D eigenvalue weighted by molar-refractivity contribution is -0.136. The van der Waals surface area contributed by atoms with Gasteiger partial charge in [-0.05, 0) is 36.7 Å². The monoisotopic (exact) mass is 214 g/mol. The third kappa shape index (κ3) is 1.41. The van der Waals surface area contributed by atoms with Crippen LogP contribution in [0.3, 0.4) is 0 Å². The lowest BCUT2D eigenvalue weighted by Crippen LogP contribution is -2.32. The van der Waals surface area contributed by atoms with Gasteiger partial charge in [-0.15, -0.1) is 0 Å². The molecular formula is C14H14O2. The van der Waals surface area contributed by atoms with Crippen LogP contribution in [0.5, 0.6) is 0 Å². The van der Waals surface area contributed by atoms with Crippen LogP contribution in [-0.4, -0.2) is 11.6 Å². The van der Waals surface area contributed by atoms with Crippen molar-refractivity contribution in [1.82, 2.24) is 0 Å². The van der Waals surface area contributed by atoms with Gasteiger partial charge >= 0.3 is 0 Å². The Morgan fingerprint density at radius 1 is 1.19 bits per heavy atom. The molecule has 3 rings (SSSR count). The standard InChI is InChI=1S/C14H14O2/c15-13-6-5-11-7-9-3-1-2-4-10(9)8-12(11)14(13)16/h1-2,4,8-9,11H,3,5-7H2. The van der Waals surface area contributed by atoms with Crippen molar-refractivity contribution < 1.29 is 9.59 Å². The van der Waals surface area contributed by atoms with E-state index in [9.17, 15) is 9.59 Å².